The Bertz CT molecular complexity index is 1680. The number of nitriles is 2. The average Bonchev–Trinajstić information content (AvgIpc) is 3.54. The van der Waals surface area contributed by atoms with Gasteiger partial charge >= 0.3 is 12.7 Å². The predicted octanol–water partition coefficient (Wildman–Crippen LogP) is 6.80. The van der Waals surface area contributed by atoms with Crippen molar-refractivity contribution in [2.45, 2.75) is 23.9 Å². The van der Waals surface area contributed by atoms with Gasteiger partial charge in [-0.3, -0.25) is 0 Å². The molecular weight excluding hydrogens is 566 g/mol. The van der Waals surface area contributed by atoms with E-state index >= 15 is 0 Å². The molecule has 2 aromatic rings. The molecule has 2 aliphatic heterocycles. The molecule has 0 bridgehead atoms. The minimum Gasteiger partial charge on any atom is -0.406 e. The number of hydrogen-bond donors (Lipinski definition) is 0. The summed E-state index contributed by atoms with van der Waals surface area (Å²) in [6, 6.07) is 7.79. The van der Waals surface area contributed by atoms with Crippen molar-refractivity contribution in [1.29, 1.82) is 10.5 Å². The monoisotopic (exact) mass is 576 g/mol. The number of allylic oxidation sites excluding steroid dienone is 3. The normalized spacial score (nSPS) is 23.2. The summed E-state index contributed by atoms with van der Waals surface area (Å²) in [6.07, 6.45) is -5.93. The van der Waals surface area contributed by atoms with Gasteiger partial charge in [-0.1, -0.05) is 12.1 Å². The molecule has 0 saturated carbocycles. The van der Waals surface area contributed by atoms with Gasteiger partial charge in [0, 0.05) is 26.7 Å². The zero-order valence-corrected chi connectivity index (χ0v) is 20.7. The van der Waals surface area contributed by atoms with Gasteiger partial charge in [0.1, 0.15) is 11.5 Å². The Balaban J connectivity index is 1.41. The molecule has 4 aliphatic rings. The molecule has 2 aliphatic carbocycles. The molecule has 6 rings (SSSR count). The van der Waals surface area contributed by atoms with E-state index < -0.39 is 29.0 Å². The topological polar surface area (TPSA) is 90.8 Å². The third kappa shape index (κ3) is 4.15. The van der Waals surface area contributed by atoms with Crippen molar-refractivity contribution in [1.82, 2.24) is 0 Å². The van der Waals surface area contributed by atoms with Gasteiger partial charge in [0.15, 0.2) is 0 Å². The second-order valence-corrected chi connectivity index (χ2v) is 11.1. The Morgan fingerprint density at radius 1 is 0.769 bits per heavy atom. The molecular formula is C25H10F6N4O2S2. The van der Waals surface area contributed by atoms with Crippen LogP contribution in [-0.2, 0) is 0 Å². The Kier molecular flexibility index (Phi) is 5.58. The lowest BCUT2D eigenvalue weighted by atomic mass is 9.87. The molecule has 0 radical (unpaired) electrons. The minimum absolute atomic E-state index is 0.231. The van der Waals surface area contributed by atoms with Crippen molar-refractivity contribution in [2.75, 3.05) is 5.75 Å². The first-order valence-corrected chi connectivity index (χ1v) is 12.8. The number of benzene rings is 2. The molecule has 6 nitrogen and oxygen atoms in total. The van der Waals surface area contributed by atoms with Gasteiger partial charge in [0.25, 0.3) is 0 Å². The zero-order valence-electron chi connectivity index (χ0n) is 19.1. The summed E-state index contributed by atoms with van der Waals surface area (Å²) in [5.74, 6) is -0.348. The van der Waals surface area contributed by atoms with Crippen LogP contribution >= 0.6 is 23.5 Å². The van der Waals surface area contributed by atoms with Crippen LogP contribution in [0.4, 0.5) is 26.3 Å². The molecule has 1 unspecified atom stereocenters. The molecule has 0 saturated heterocycles. The molecule has 2 aromatic carbocycles. The van der Waals surface area contributed by atoms with E-state index in [1.807, 2.05) is 0 Å². The van der Waals surface area contributed by atoms with Gasteiger partial charge in [0.2, 0.25) is 12.4 Å². The second-order valence-electron chi connectivity index (χ2n) is 8.70. The van der Waals surface area contributed by atoms with Gasteiger partial charge in [-0.2, -0.15) is 20.5 Å². The fourth-order valence-electron chi connectivity index (χ4n) is 5.26. The fourth-order valence-corrected chi connectivity index (χ4v) is 8.58. The van der Waals surface area contributed by atoms with E-state index in [9.17, 15) is 36.9 Å². The Hall–Kier alpha value is -3.88. The highest BCUT2D eigenvalue weighted by atomic mass is 32.2. The summed E-state index contributed by atoms with van der Waals surface area (Å²) < 4.78 is 84.4. The largest absolute Gasteiger partial charge is 0.573 e. The van der Waals surface area contributed by atoms with Gasteiger partial charge in [0.05, 0.1) is 16.2 Å². The number of fused-ring (bicyclic) bond motifs is 5. The van der Waals surface area contributed by atoms with E-state index in [1.165, 1.54) is 59.9 Å². The van der Waals surface area contributed by atoms with Crippen LogP contribution < -0.4 is 9.47 Å². The molecule has 14 heteroatoms. The maximum atomic E-state index is 12.8. The van der Waals surface area contributed by atoms with Crippen LogP contribution in [0.25, 0.3) is 11.1 Å². The number of thioether (sulfide) groups is 2. The summed E-state index contributed by atoms with van der Waals surface area (Å²) in [7, 11) is 0. The molecule has 196 valence electrons. The molecule has 1 spiro atoms. The van der Waals surface area contributed by atoms with Crippen LogP contribution in [0.1, 0.15) is 28.7 Å². The lowest BCUT2D eigenvalue weighted by Crippen LogP contribution is -2.25. The summed E-state index contributed by atoms with van der Waals surface area (Å²) in [5, 5.41) is 18.6. The summed E-state index contributed by atoms with van der Waals surface area (Å²) in [5.41, 5.74) is 3.99. The van der Waals surface area contributed by atoms with Crippen LogP contribution in [0.5, 0.6) is 11.5 Å². The molecule has 1 atom stereocenters. The maximum absolute atomic E-state index is 12.8. The SMILES string of the molecule is N#C/N=C1/C2=C(CC3(CSC4=C3c3ccc(OC(F)(F)F)cc3/C4=N\C#N)S2)c2ccc(OC(F)(F)F)cc21. The van der Waals surface area contributed by atoms with E-state index in [-0.39, 0.29) is 11.4 Å². The standard InChI is InChI=1S/C25H10F6N4O2S2/c26-24(27,28)36-11-1-3-13-15(5-11)19(34-9-32)21-17(13)7-23(39-21)8-38-22-18(23)14-4-2-12(37-25(29,30)31)6-16(14)20(22)35-10-33/h1-6H,7-8H2/b34-19+,35-20+. The number of alkyl halides is 6. The molecule has 39 heavy (non-hydrogen) atoms. The second kappa shape index (κ2) is 8.56. The lowest BCUT2D eigenvalue weighted by Gasteiger charge is -2.28. The number of ether oxygens (including phenoxy) is 2. The third-order valence-corrected chi connectivity index (χ3v) is 9.51. The first-order chi connectivity index (χ1) is 18.4. The smallest absolute Gasteiger partial charge is 0.406 e. The first-order valence-electron chi connectivity index (χ1n) is 11.0. The van der Waals surface area contributed by atoms with Crippen molar-refractivity contribution in [3.05, 3.63) is 68.5 Å². The average molecular weight is 577 g/mol. The van der Waals surface area contributed by atoms with Gasteiger partial charge in [-0.15, -0.1) is 49.9 Å². The lowest BCUT2D eigenvalue weighted by molar-refractivity contribution is -0.275. The van der Waals surface area contributed by atoms with Crippen molar-refractivity contribution in [3.63, 3.8) is 0 Å². The van der Waals surface area contributed by atoms with Crippen molar-refractivity contribution < 1.29 is 35.8 Å². The minimum atomic E-state index is -4.90. The Labute approximate surface area is 224 Å². The van der Waals surface area contributed by atoms with Crippen LogP contribution in [0.15, 0.2) is 56.2 Å². The highest BCUT2D eigenvalue weighted by Crippen LogP contribution is 2.67. The van der Waals surface area contributed by atoms with E-state index in [2.05, 4.69) is 19.5 Å². The van der Waals surface area contributed by atoms with Crippen molar-refractivity contribution in [2.24, 2.45) is 9.98 Å². The quantitative estimate of drug-likeness (QED) is 0.289. The molecule has 2 heterocycles. The molecule has 0 aromatic heterocycles. The van der Waals surface area contributed by atoms with Crippen LogP contribution in [0, 0.1) is 22.9 Å². The van der Waals surface area contributed by atoms with Crippen LogP contribution in [0.2, 0.25) is 0 Å². The number of aliphatic imine (C=N–C) groups is 2. The third-order valence-electron chi connectivity index (χ3n) is 6.47. The molecule has 0 fully saturated rings. The van der Waals surface area contributed by atoms with Crippen molar-refractivity contribution in [3.8, 4) is 23.9 Å². The number of rotatable bonds is 2. The van der Waals surface area contributed by atoms with Crippen LogP contribution in [-0.4, -0.2) is 34.6 Å². The Morgan fingerprint density at radius 3 is 1.87 bits per heavy atom. The van der Waals surface area contributed by atoms with E-state index in [1.54, 1.807) is 12.4 Å². The first kappa shape index (κ1) is 25.4. The van der Waals surface area contributed by atoms with E-state index in [4.69, 9.17) is 0 Å². The van der Waals surface area contributed by atoms with E-state index in [0.29, 0.717) is 44.2 Å². The highest BCUT2D eigenvalue weighted by molar-refractivity contribution is 8.10. The van der Waals surface area contributed by atoms with Crippen molar-refractivity contribution >= 4 is 46.1 Å². The number of halogens is 6. The maximum Gasteiger partial charge on any atom is 0.573 e. The van der Waals surface area contributed by atoms with E-state index in [0.717, 1.165) is 11.1 Å². The fraction of sp³-hybridized carbons (Fsp3) is 0.200. The van der Waals surface area contributed by atoms with Crippen LogP contribution in [0.3, 0.4) is 0 Å². The van der Waals surface area contributed by atoms with Gasteiger partial charge in [-0.05, 0) is 53.0 Å². The van der Waals surface area contributed by atoms with Gasteiger partial charge < -0.3 is 9.47 Å². The summed E-state index contributed by atoms with van der Waals surface area (Å²) in [6.45, 7) is 0. The summed E-state index contributed by atoms with van der Waals surface area (Å²) >= 11 is 2.81. The number of nitrogens with zero attached hydrogens (tertiary/aromatic N) is 4. The highest BCUT2D eigenvalue weighted by Gasteiger charge is 2.54. The predicted molar refractivity (Wildman–Crippen MR) is 132 cm³/mol. The number of hydrogen-bond acceptors (Lipinski definition) is 8. The van der Waals surface area contributed by atoms with Gasteiger partial charge in [-0.25, -0.2) is 0 Å². The summed E-state index contributed by atoms with van der Waals surface area (Å²) in [4.78, 5) is 9.11. The Morgan fingerprint density at radius 2 is 1.31 bits per heavy atom. The molecule has 0 N–H and O–H groups in total. The molecule has 0 amide bonds. The zero-order chi connectivity index (χ0) is 27.7.